The number of amides is 1. The van der Waals surface area contributed by atoms with E-state index in [9.17, 15) is 18.0 Å². The van der Waals surface area contributed by atoms with Crippen LogP contribution in [0.1, 0.15) is 46.2 Å². The Morgan fingerprint density at radius 1 is 1.20 bits per heavy atom. The molecule has 2 aromatic heterocycles. The lowest BCUT2D eigenvalue weighted by molar-refractivity contribution is -0.0161. The van der Waals surface area contributed by atoms with E-state index in [-0.39, 0.29) is 23.4 Å². The zero-order valence-corrected chi connectivity index (χ0v) is 17.3. The summed E-state index contributed by atoms with van der Waals surface area (Å²) in [5.74, 6) is -3.89. The van der Waals surface area contributed by atoms with Gasteiger partial charge in [0, 0.05) is 30.8 Å². The van der Waals surface area contributed by atoms with Crippen LogP contribution in [0.4, 0.5) is 23.7 Å². The minimum absolute atomic E-state index is 0.0154. The van der Waals surface area contributed by atoms with Gasteiger partial charge in [-0.05, 0) is 50.5 Å². The van der Waals surface area contributed by atoms with Gasteiger partial charge >= 0.3 is 6.09 Å². The largest absolute Gasteiger partial charge is 0.444 e. The monoisotopic (exact) mass is 419 g/mol. The van der Waals surface area contributed by atoms with E-state index in [1.807, 2.05) is 0 Å². The summed E-state index contributed by atoms with van der Waals surface area (Å²) in [7, 11) is 0. The SMILES string of the molecule is C[C@@H]1CC(F)(F)CC=C1c1nccc(-c2ncccc2F)c1NC(=O)OC(C)(C)C. The van der Waals surface area contributed by atoms with Crippen LogP contribution in [0.3, 0.4) is 0 Å². The van der Waals surface area contributed by atoms with E-state index in [4.69, 9.17) is 4.74 Å². The van der Waals surface area contributed by atoms with Crippen LogP contribution in [-0.4, -0.2) is 27.6 Å². The quantitative estimate of drug-likeness (QED) is 0.655. The molecule has 1 aliphatic rings. The number of anilines is 1. The van der Waals surface area contributed by atoms with Crippen molar-refractivity contribution in [3.63, 3.8) is 0 Å². The van der Waals surface area contributed by atoms with Crippen LogP contribution in [0.2, 0.25) is 0 Å². The van der Waals surface area contributed by atoms with Gasteiger partial charge in [-0.1, -0.05) is 13.0 Å². The van der Waals surface area contributed by atoms with Crippen LogP contribution in [0.15, 0.2) is 36.7 Å². The maximum absolute atomic E-state index is 14.5. The summed E-state index contributed by atoms with van der Waals surface area (Å²) in [6.07, 6.45) is 2.77. The fourth-order valence-corrected chi connectivity index (χ4v) is 3.43. The number of hydrogen-bond acceptors (Lipinski definition) is 4. The molecule has 0 aliphatic heterocycles. The van der Waals surface area contributed by atoms with Crippen LogP contribution in [-0.2, 0) is 4.74 Å². The molecule has 0 saturated carbocycles. The van der Waals surface area contributed by atoms with Gasteiger partial charge in [0.25, 0.3) is 5.92 Å². The third kappa shape index (κ3) is 4.98. The summed E-state index contributed by atoms with van der Waals surface area (Å²) in [5, 5.41) is 2.64. The highest BCUT2D eigenvalue weighted by molar-refractivity contribution is 5.96. The Balaban J connectivity index is 2.13. The third-order valence-corrected chi connectivity index (χ3v) is 4.62. The number of nitrogens with zero attached hydrogens (tertiary/aromatic N) is 2. The van der Waals surface area contributed by atoms with Gasteiger partial charge in [0.1, 0.15) is 17.1 Å². The molecule has 2 aromatic rings. The second kappa shape index (κ2) is 8.08. The number of aromatic nitrogens is 2. The molecule has 1 N–H and O–H groups in total. The van der Waals surface area contributed by atoms with Gasteiger partial charge in [-0.25, -0.2) is 18.0 Å². The van der Waals surface area contributed by atoms with Crippen LogP contribution in [0.25, 0.3) is 16.8 Å². The molecule has 0 unspecified atom stereocenters. The molecule has 1 amide bonds. The molecule has 1 aliphatic carbocycles. The molecule has 0 saturated heterocycles. The second-order valence-electron chi connectivity index (χ2n) is 8.37. The molecule has 5 nitrogen and oxygen atoms in total. The van der Waals surface area contributed by atoms with Crippen LogP contribution in [0, 0.1) is 11.7 Å². The number of carbonyl (C=O) groups is 1. The van der Waals surface area contributed by atoms with Crippen molar-refractivity contribution in [2.24, 2.45) is 5.92 Å². The van der Waals surface area contributed by atoms with Gasteiger partial charge in [-0.3, -0.25) is 15.3 Å². The minimum Gasteiger partial charge on any atom is -0.444 e. The second-order valence-corrected chi connectivity index (χ2v) is 8.37. The third-order valence-electron chi connectivity index (χ3n) is 4.62. The van der Waals surface area contributed by atoms with Crippen molar-refractivity contribution in [2.45, 2.75) is 52.1 Å². The van der Waals surface area contributed by atoms with Gasteiger partial charge in [-0.2, -0.15) is 0 Å². The van der Waals surface area contributed by atoms with E-state index >= 15 is 0 Å². The molecular weight excluding hydrogens is 395 g/mol. The van der Waals surface area contributed by atoms with Crippen molar-refractivity contribution < 1.29 is 22.7 Å². The average Bonchev–Trinajstić information content (AvgIpc) is 2.61. The van der Waals surface area contributed by atoms with E-state index in [1.54, 1.807) is 27.7 Å². The maximum atomic E-state index is 14.5. The summed E-state index contributed by atoms with van der Waals surface area (Å²) in [4.78, 5) is 20.9. The van der Waals surface area contributed by atoms with Crippen molar-refractivity contribution in [1.29, 1.82) is 0 Å². The predicted molar refractivity (Wildman–Crippen MR) is 109 cm³/mol. The highest BCUT2D eigenvalue weighted by atomic mass is 19.3. The number of rotatable bonds is 3. The number of halogens is 3. The lowest BCUT2D eigenvalue weighted by Crippen LogP contribution is -2.28. The number of ether oxygens (including phenoxy) is 1. The topological polar surface area (TPSA) is 64.1 Å². The molecule has 0 radical (unpaired) electrons. The summed E-state index contributed by atoms with van der Waals surface area (Å²) in [6.45, 7) is 6.81. The Hall–Kier alpha value is -2.90. The van der Waals surface area contributed by atoms with Crippen molar-refractivity contribution in [3.05, 3.63) is 48.2 Å². The van der Waals surface area contributed by atoms with E-state index in [0.717, 1.165) is 0 Å². The molecule has 0 aromatic carbocycles. The molecule has 0 spiro atoms. The Kier molecular flexibility index (Phi) is 5.87. The van der Waals surface area contributed by atoms with Gasteiger partial charge < -0.3 is 4.74 Å². The number of pyridine rings is 2. The van der Waals surface area contributed by atoms with Gasteiger partial charge in [0.05, 0.1) is 11.4 Å². The van der Waals surface area contributed by atoms with E-state index in [1.165, 1.54) is 36.7 Å². The molecule has 8 heteroatoms. The van der Waals surface area contributed by atoms with Gasteiger partial charge in [0.2, 0.25) is 0 Å². The fraction of sp³-hybridized carbons (Fsp3) is 0.409. The molecule has 160 valence electrons. The lowest BCUT2D eigenvalue weighted by Gasteiger charge is -2.28. The first-order valence-electron chi connectivity index (χ1n) is 9.65. The number of allylic oxidation sites excluding steroid dienone is 2. The number of hydrogen-bond donors (Lipinski definition) is 1. The molecule has 30 heavy (non-hydrogen) atoms. The summed E-state index contributed by atoms with van der Waals surface area (Å²) < 4.78 is 47.5. The number of carbonyl (C=O) groups excluding carboxylic acids is 1. The van der Waals surface area contributed by atoms with Crippen LogP contribution < -0.4 is 5.32 Å². The average molecular weight is 419 g/mol. The maximum Gasteiger partial charge on any atom is 0.412 e. The highest BCUT2D eigenvalue weighted by Gasteiger charge is 2.37. The van der Waals surface area contributed by atoms with Crippen LogP contribution in [0.5, 0.6) is 0 Å². The minimum atomic E-state index is -2.80. The first kappa shape index (κ1) is 21.8. The van der Waals surface area contributed by atoms with Gasteiger partial charge in [0.15, 0.2) is 0 Å². The summed E-state index contributed by atoms with van der Waals surface area (Å²) in [5.41, 5.74) is 0.572. The zero-order valence-electron chi connectivity index (χ0n) is 17.3. The predicted octanol–water partition coefficient (Wildman–Crippen LogP) is 6.08. The van der Waals surface area contributed by atoms with E-state index in [2.05, 4.69) is 15.3 Å². The van der Waals surface area contributed by atoms with Gasteiger partial charge in [-0.15, -0.1) is 0 Å². The molecule has 2 heterocycles. The summed E-state index contributed by atoms with van der Waals surface area (Å²) >= 11 is 0. The standard InChI is InChI=1S/C22H24F3N3O2/c1-13-12-22(24,25)9-7-14(13)18-19(28-20(29)30-21(2,3)4)15(8-11-27-18)17-16(23)6-5-10-26-17/h5-8,10-11,13H,9,12H2,1-4H3,(H,28,29)/t13-/m1/s1. The van der Waals surface area contributed by atoms with E-state index in [0.29, 0.717) is 11.3 Å². The molecule has 0 fully saturated rings. The Bertz CT molecular complexity index is 984. The normalized spacial score (nSPS) is 18.5. The zero-order chi connectivity index (χ0) is 22.1. The lowest BCUT2D eigenvalue weighted by atomic mass is 9.84. The number of nitrogens with one attached hydrogen (secondary N) is 1. The van der Waals surface area contributed by atoms with E-state index < -0.39 is 35.8 Å². The Morgan fingerprint density at radius 3 is 2.53 bits per heavy atom. The highest BCUT2D eigenvalue weighted by Crippen LogP contribution is 2.43. The van der Waals surface area contributed by atoms with Crippen molar-refractivity contribution in [3.8, 4) is 11.3 Å². The fourth-order valence-electron chi connectivity index (χ4n) is 3.43. The molecule has 1 atom stereocenters. The van der Waals surface area contributed by atoms with Crippen molar-refractivity contribution in [1.82, 2.24) is 9.97 Å². The number of alkyl halides is 2. The first-order valence-corrected chi connectivity index (χ1v) is 9.65. The molecule has 3 rings (SSSR count). The van der Waals surface area contributed by atoms with Crippen molar-refractivity contribution in [2.75, 3.05) is 5.32 Å². The Morgan fingerprint density at radius 2 is 1.90 bits per heavy atom. The van der Waals surface area contributed by atoms with Crippen LogP contribution >= 0.6 is 0 Å². The summed E-state index contributed by atoms with van der Waals surface area (Å²) in [6, 6.07) is 4.22. The first-order chi connectivity index (χ1) is 14.0. The molecule has 0 bridgehead atoms. The Labute approximate surface area is 173 Å². The van der Waals surface area contributed by atoms with Crippen molar-refractivity contribution >= 4 is 17.4 Å². The smallest absolute Gasteiger partial charge is 0.412 e. The molecular formula is C22H24F3N3O2.